The van der Waals surface area contributed by atoms with Gasteiger partial charge < -0.3 is 24.1 Å². The molecule has 8 unspecified atom stereocenters. The molecule has 3 saturated carbocycles. The summed E-state index contributed by atoms with van der Waals surface area (Å²) in [5.74, 6) is 0.474. The van der Waals surface area contributed by atoms with Crippen LogP contribution in [0.5, 0.6) is 0 Å². The third kappa shape index (κ3) is 2.72. The van der Waals surface area contributed by atoms with Crippen molar-refractivity contribution in [2.75, 3.05) is 13.2 Å². The van der Waals surface area contributed by atoms with Crippen molar-refractivity contribution >= 4 is 12.3 Å². The highest BCUT2D eigenvalue weighted by molar-refractivity contribution is 5.90. The number of aldehydes is 1. The average Bonchev–Trinajstić information content (AvgIpc) is 3.50. The Morgan fingerprint density at radius 1 is 1.31 bits per heavy atom. The van der Waals surface area contributed by atoms with Gasteiger partial charge in [0, 0.05) is 17.8 Å². The molecule has 1 N–H and O–H groups in total. The van der Waals surface area contributed by atoms with Gasteiger partial charge >= 0.3 is 5.97 Å². The average molecular weight is 485 g/mol. The van der Waals surface area contributed by atoms with E-state index in [1.165, 1.54) is 0 Å². The Labute approximate surface area is 208 Å². The van der Waals surface area contributed by atoms with E-state index in [1.54, 1.807) is 0 Å². The summed E-state index contributed by atoms with van der Waals surface area (Å²) in [7, 11) is 0. The molecule has 11 atom stereocenters. The lowest BCUT2D eigenvalue weighted by Gasteiger charge is -2.58. The van der Waals surface area contributed by atoms with Gasteiger partial charge in [-0.1, -0.05) is 45.4 Å². The van der Waals surface area contributed by atoms with Crippen LogP contribution in [0, 0.1) is 51.8 Å². The van der Waals surface area contributed by atoms with Gasteiger partial charge in [-0.15, -0.1) is 0 Å². The van der Waals surface area contributed by atoms with Crippen LogP contribution in [0.1, 0.15) is 59.8 Å². The molecule has 6 nitrogen and oxygen atoms in total. The number of carboxylic acids is 1. The fourth-order valence-corrected chi connectivity index (χ4v) is 9.99. The normalized spacial score (nSPS) is 51.9. The summed E-state index contributed by atoms with van der Waals surface area (Å²) in [5, 5.41) is 11.1. The number of aliphatic carboxylic acids is 1. The van der Waals surface area contributed by atoms with E-state index in [-0.39, 0.29) is 35.9 Å². The molecule has 0 aromatic rings. The van der Waals surface area contributed by atoms with Crippen molar-refractivity contribution in [3.63, 3.8) is 0 Å². The second-order valence-electron chi connectivity index (χ2n) is 12.8. The van der Waals surface area contributed by atoms with Crippen molar-refractivity contribution in [2.45, 2.75) is 78.3 Å². The van der Waals surface area contributed by atoms with Crippen LogP contribution >= 0.6 is 0 Å². The summed E-state index contributed by atoms with van der Waals surface area (Å²) in [6, 6.07) is 0. The SMILES string of the molecule is C=C1COC2[C@@H]1CC(OCC13CC4C(CC[C@H]4C)C4(C=O)CC1C=C(C(C)C)C43C(=O)O)O[C@@H]2C. The molecule has 0 aromatic heterocycles. The maximum Gasteiger partial charge on any atom is 0.315 e. The number of hydrogen-bond acceptors (Lipinski definition) is 5. The zero-order valence-corrected chi connectivity index (χ0v) is 21.5. The Morgan fingerprint density at radius 3 is 2.77 bits per heavy atom. The van der Waals surface area contributed by atoms with Crippen LogP contribution in [0.15, 0.2) is 23.8 Å². The first-order chi connectivity index (χ1) is 16.6. The van der Waals surface area contributed by atoms with E-state index in [4.69, 9.17) is 14.2 Å². The Kier molecular flexibility index (Phi) is 5.29. The maximum absolute atomic E-state index is 13.5. The zero-order valence-electron chi connectivity index (χ0n) is 21.5. The molecule has 35 heavy (non-hydrogen) atoms. The quantitative estimate of drug-likeness (QED) is 0.437. The molecule has 0 amide bonds. The highest BCUT2D eigenvalue weighted by atomic mass is 16.7. The zero-order chi connectivity index (χ0) is 24.9. The molecule has 4 bridgehead atoms. The Morgan fingerprint density at radius 2 is 2.09 bits per heavy atom. The number of rotatable bonds is 6. The van der Waals surface area contributed by atoms with E-state index in [0.29, 0.717) is 37.9 Å². The summed E-state index contributed by atoms with van der Waals surface area (Å²) < 4.78 is 18.7. The summed E-state index contributed by atoms with van der Waals surface area (Å²) >= 11 is 0. The first-order valence-electron chi connectivity index (χ1n) is 13.6. The van der Waals surface area contributed by atoms with Gasteiger partial charge in [-0.05, 0) is 61.3 Å². The topological polar surface area (TPSA) is 82.1 Å². The number of carboxylic acid groups (broad SMARTS) is 1. The largest absolute Gasteiger partial charge is 0.481 e. The monoisotopic (exact) mass is 484 g/mol. The van der Waals surface area contributed by atoms with Crippen LogP contribution in [0.2, 0.25) is 0 Å². The third-order valence-corrected chi connectivity index (χ3v) is 11.3. The standard InChI is InChI=1S/C29H40O6/c1-15(2)23-8-19-10-27(13-30)22-7-6-16(3)21(22)11-28(19,29(23,27)26(31)32)14-34-24-9-20-17(4)12-33-25(20)18(5)35-24/h8,13,15-16,18-22,24-25H,4,6-7,9-12,14H2,1-3,5H3,(H,31,32)/t16-,18-,19?,20-,21?,22?,24?,25?,27?,28?,29?/m1/s1. The van der Waals surface area contributed by atoms with Crippen molar-refractivity contribution in [1.82, 2.24) is 0 Å². The lowest BCUT2D eigenvalue weighted by atomic mass is 9.43. The van der Waals surface area contributed by atoms with Crippen LogP contribution in [0.4, 0.5) is 0 Å². The van der Waals surface area contributed by atoms with Gasteiger partial charge in [0.25, 0.3) is 0 Å². The predicted molar refractivity (Wildman–Crippen MR) is 129 cm³/mol. The number of fused-ring (bicyclic) bond motifs is 3. The second kappa shape index (κ2) is 7.75. The van der Waals surface area contributed by atoms with Gasteiger partial charge in [0.15, 0.2) is 6.29 Å². The van der Waals surface area contributed by atoms with E-state index in [1.807, 2.05) is 6.92 Å². The van der Waals surface area contributed by atoms with Crippen LogP contribution in [0.25, 0.3) is 0 Å². The highest BCUT2D eigenvalue weighted by Crippen LogP contribution is 2.82. The molecule has 6 aliphatic rings. The van der Waals surface area contributed by atoms with Gasteiger partial charge in [0.2, 0.25) is 0 Å². The molecule has 6 rings (SSSR count). The van der Waals surface area contributed by atoms with Gasteiger partial charge in [-0.2, -0.15) is 0 Å². The first kappa shape index (κ1) is 23.9. The lowest BCUT2D eigenvalue weighted by Crippen LogP contribution is -2.63. The van der Waals surface area contributed by atoms with Crippen LogP contribution in [-0.4, -0.2) is 49.1 Å². The van der Waals surface area contributed by atoms with Crippen LogP contribution < -0.4 is 0 Å². The van der Waals surface area contributed by atoms with Crippen molar-refractivity contribution in [2.24, 2.45) is 51.8 Å². The molecule has 0 aromatic carbocycles. The van der Waals surface area contributed by atoms with Gasteiger partial charge in [0.1, 0.15) is 11.7 Å². The fraction of sp³-hybridized carbons (Fsp3) is 0.793. The van der Waals surface area contributed by atoms with E-state index in [2.05, 4.69) is 33.4 Å². The third-order valence-electron chi connectivity index (χ3n) is 11.3. The predicted octanol–water partition coefficient (Wildman–Crippen LogP) is 4.63. The summed E-state index contributed by atoms with van der Waals surface area (Å²) in [6.45, 7) is 13.5. The Hall–Kier alpha value is -1.50. The molecule has 0 radical (unpaired) electrons. The molecule has 6 heteroatoms. The lowest BCUT2D eigenvalue weighted by molar-refractivity contribution is -0.248. The summed E-state index contributed by atoms with van der Waals surface area (Å²) in [4.78, 5) is 26.7. The van der Waals surface area contributed by atoms with Crippen molar-refractivity contribution in [3.8, 4) is 0 Å². The number of hydrogen-bond donors (Lipinski definition) is 1. The highest BCUT2D eigenvalue weighted by Gasteiger charge is 2.84. The van der Waals surface area contributed by atoms with E-state index < -0.39 is 28.5 Å². The Balaban J connectivity index is 1.39. The second-order valence-corrected chi connectivity index (χ2v) is 12.8. The van der Waals surface area contributed by atoms with E-state index >= 15 is 0 Å². The van der Waals surface area contributed by atoms with Crippen molar-refractivity contribution in [1.29, 1.82) is 0 Å². The van der Waals surface area contributed by atoms with E-state index in [9.17, 15) is 14.7 Å². The molecule has 192 valence electrons. The number of carbonyl (C=O) groups is 2. The molecule has 2 heterocycles. The molecule has 4 aliphatic carbocycles. The van der Waals surface area contributed by atoms with Crippen molar-refractivity contribution < 1.29 is 28.9 Å². The first-order valence-corrected chi connectivity index (χ1v) is 13.6. The molecule has 0 spiro atoms. The van der Waals surface area contributed by atoms with Crippen molar-refractivity contribution in [3.05, 3.63) is 23.8 Å². The smallest absolute Gasteiger partial charge is 0.315 e. The number of allylic oxidation sites excluding steroid dienone is 1. The summed E-state index contributed by atoms with van der Waals surface area (Å²) in [6.07, 6.45) is 6.92. The molecular weight excluding hydrogens is 444 g/mol. The number of ether oxygens (including phenoxy) is 3. The minimum atomic E-state index is -1.20. The van der Waals surface area contributed by atoms with Gasteiger partial charge in [-0.25, -0.2) is 0 Å². The maximum atomic E-state index is 13.5. The number of carbonyl (C=O) groups excluding carboxylic acids is 1. The Bertz CT molecular complexity index is 986. The minimum Gasteiger partial charge on any atom is -0.481 e. The molecule has 2 aliphatic heterocycles. The molecule has 5 fully saturated rings. The fourth-order valence-electron chi connectivity index (χ4n) is 9.99. The molecule has 2 saturated heterocycles. The van der Waals surface area contributed by atoms with Gasteiger partial charge in [0.05, 0.1) is 30.8 Å². The van der Waals surface area contributed by atoms with Crippen LogP contribution in [-0.2, 0) is 23.8 Å². The van der Waals surface area contributed by atoms with Gasteiger partial charge in [-0.3, -0.25) is 4.79 Å². The van der Waals surface area contributed by atoms with E-state index in [0.717, 1.165) is 36.7 Å². The summed E-state index contributed by atoms with van der Waals surface area (Å²) in [5.41, 5.74) is -0.635. The van der Waals surface area contributed by atoms with Crippen LogP contribution in [0.3, 0.4) is 0 Å². The minimum absolute atomic E-state index is 0.0141. The molecular formula is C29H40O6.